The average molecular weight is 216 g/mol. The van der Waals surface area contributed by atoms with Crippen LogP contribution in [0.2, 0.25) is 0 Å². The first-order valence-electron chi connectivity index (χ1n) is 4.06. The summed E-state index contributed by atoms with van der Waals surface area (Å²) in [7, 11) is 0. The molecule has 1 atom stereocenters. The first-order chi connectivity index (χ1) is 6.96. The zero-order chi connectivity index (χ0) is 11.5. The molecule has 0 fully saturated rings. The molecule has 0 radical (unpaired) electrons. The lowest BCUT2D eigenvalue weighted by molar-refractivity contribution is -0.138. The van der Waals surface area contributed by atoms with E-state index in [0.29, 0.717) is 0 Å². The Kier molecular flexibility index (Phi) is 3.21. The molecule has 1 unspecified atom stereocenters. The molecule has 1 aromatic rings. The van der Waals surface area contributed by atoms with E-state index < -0.39 is 17.8 Å². The third-order valence-electron chi connectivity index (χ3n) is 1.79. The number of aliphatic imine (C=N–C) groups is 1. The zero-order valence-electron chi connectivity index (χ0n) is 7.75. The summed E-state index contributed by atoms with van der Waals surface area (Å²) in [5, 5.41) is 0. The Balaban J connectivity index is 3.23. The van der Waals surface area contributed by atoms with Gasteiger partial charge in [0.05, 0.1) is 11.3 Å². The van der Waals surface area contributed by atoms with E-state index in [1.165, 1.54) is 25.3 Å². The van der Waals surface area contributed by atoms with E-state index in [0.717, 1.165) is 6.07 Å². The maximum absolute atomic E-state index is 12.5. The highest BCUT2D eigenvalue weighted by Crippen LogP contribution is 2.33. The van der Waals surface area contributed by atoms with Gasteiger partial charge in [0.15, 0.2) is 0 Å². The molecule has 0 amide bonds. The van der Waals surface area contributed by atoms with Gasteiger partial charge in [-0.25, -0.2) is 4.79 Å². The summed E-state index contributed by atoms with van der Waals surface area (Å²) in [5.41, 5.74) is -1.15. The Morgan fingerprint density at radius 1 is 1.53 bits per heavy atom. The van der Waals surface area contributed by atoms with Crippen molar-refractivity contribution in [3.8, 4) is 0 Å². The van der Waals surface area contributed by atoms with Crippen molar-refractivity contribution in [2.45, 2.75) is 19.1 Å². The molecule has 0 bridgehead atoms. The summed E-state index contributed by atoms with van der Waals surface area (Å²) in [6, 6.07) is 1.14. The van der Waals surface area contributed by atoms with Gasteiger partial charge in [-0.2, -0.15) is 18.2 Å². The third kappa shape index (κ3) is 2.63. The molecule has 0 spiro atoms. The Hall–Kier alpha value is -1.68. The van der Waals surface area contributed by atoms with Crippen LogP contribution in [0.3, 0.4) is 0 Å². The quantitative estimate of drug-likeness (QED) is 0.563. The molecule has 3 nitrogen and oxygen atoms in total. The molecular weight excluding hydrogens is 209 g/mol. The fourth-order valence-electron chi connectivity index (χ4n) is 1.13. The molecule has 0 aliphatic carbocycles. The highest BCUT2D eigenvalue weighted by Gasteiger charge is 2.35. The molecule has 0 aliphatic heterocycles. The number of pyridine rings is 1. The van der Waals surface area contributed by atoms with Gasteiger partial charge in [-0.15, -0.1) is 0 Å². The molecule has 0 aliphatic rings. The van der Waals surface area contributed by atoms with Gasteiger partial charge in [0.25, 0.3) is 0 Å². The van der Waals surface area contributed by atoms with Crippen molar-refractivity contribution in [2.75, 3.05) is 0 Å². The lowest BCUT2D eigenvalue weighted by atomic mass is 10.1. The molecule has 1 heterocycles. The number of halogens is 3. The van der Waals surface area contributed by atoms with E-state index in [4.69, 9.17) is 0 Å². The lowest BCUT2D eigenvalue weighted by Crippen LogP contribution is -2.11. The summed E-state index contributed by atoms with van der Waals surface area (Å²) >= 11 is 0. The van der Waals surface area contributed by atoms with Crippen LogP contribution in [0.5, 0.6) is 0 Å². The highest BCUT2D eigenvalue weighted by atomic mass is 19.4. The first-order valence-corrected chi connectivity index (χ1v) is 4.06. The molecule has 0 aromatic carbocycles. The number of alkyl halides is 3. The molecule has 6 heteroatoms. The molecule has 15 heavy (non-hydrogen) atoms. The summed E-state index contributed by atoms with van der Waals surface area (Å²) in [6.45, 7) is 1.35. The van der Waals surface area contributed by atoms with Crippen molar-refractivity contribution in [3.63, 3.8) is 0 Å². The van der Waals surface area contributed by atoms with E-state index in [1.54, 1.807) is 0 Å². The van der Waals surface area contributed by atoms with Crippen LogP contribution in [0.15, 0.2) is 23.3 Å². The monoisotopic (exact) mass is 216 g/mol. The smallest absolute Gasteiger partial charge is 0.258 e. The predicted octanol–water partition coefficient (Wildman–Crippen LogP) is 2.50. The van der Waals surface area contributed by atoms with Gasteiger partial charge in [0, 0.05) is 6.20 Å². The van der Waals surface area contributed by atoms with Crippen LogP contribution in [0.4, 0.5) is 13.2 Å². The minimum absolute atomic E-state index is 0.270. The number of carbonyl (C=O) groups excluding carboxylic acids is 1. The number of hydrogen-bond donors (Lipinski definition) is 0. The standard InChI is InChI=1S/C9H7F3N2O/c1-6(14-5-15)8-7(9(10,11)12)3-2-4-13-8/h2-4,6H,1H3. The average Bonchev–Trinajstić information content (AvgIpc) is 2.17. The van der Waals surface area contributed by atoms with E-state index in [2.05, 4.69) is 9.98 Å². The van der Waals surface area contributed by atoms with Crippen molar-refractivity contribution >= 4 is 6.08 Å². The predicted molar refractivity (Wildman–Crippen MR) is 45.8 cm³/mol. The maximum Gasteiger partial charge on any atom is 0.418 e. The summed E-state index contributed by atoms with van der Waals surface area (Å²) in [5.74, 6) is 0. The van der Waals surface area contributed by atoms with Gasteiger partial charge in [-0.1, -0.05) is 0 Å². The molecule has 0 saturated carbocycles. The number of isocyanates is 1. The Bertz CT molecular complexity index is 397. The van der Waals surface area contributed by atoms with Gasteiger partial charge in [0.1, 0.15) is 6.04 Å². The lowest BCUT2D eigenvalue weighted by Gasteiger charge is -2.12. The van der Waals surface area contributed by atoms with Crippen LogP contribution in [-0.4, -0.2) is 11.1 Å². The second kappa shape index (κ2) is 4.23. The zero-order valence-corrected chi connectivity index (χ0v) is 7.75. The normalized spacial score (nSPS) is 13.1. The number of hydrogen-bond acceptors (Lipinski definition) is 3. The molecule has 1 aromatic heterocycles. The van der Waals surface area contributed by atoms with Gasteiger partial charge >= 0.3 is 6.18 Å². The number of nitrogens with zero attached hydrogens (tertiary/aromatic N) is 2. The Labute approximate surface area is 83.7 Å². The Morgan fingerprint density at radius 3 is 2.73 bits per heavy atom. The second-order valence-corrected chi connectivity index (χ2v) is 2.83. The topological polar surface area (TPSA) is 42.3 Å². The van der Waals surface area contributed by atoms with Crippen LogP contribution < -0.4 is 0 Å². The van der Waals surface area contributed by atoms with Crippen molar-refractivity contribution in [1.82, 2.24) is 4.98 Å². The second-order valence-electron chi connectivity index (χ2n) is 2.83. The molecular formula is C9H7F3N2O. The van der Waals surface area contributed by atoms with Gasteiger partial charge in [0.2, 0.25) is 6.08 Å². The number of aromatic nitrogens is 1. The van der Waals surface area contributed by atoms with Gasteiger partial charge in [-0.05, 0) is 19.1 Å². The molecule has 0 N–H and O–H groups in total. The minimum Gasteiger partial charge on any atom is -0.258 e. The van der Waals surface area contributed by atoms with Crippen molar-refractivity contribution < 1.29 is 18.0 Å². The van der Waals surface area contributed by atoms with Crippen LogP contribution in [0.1, 0.15) is 24.2 Å². The van der Waals surface area contributed by atoms with Gasteiger partial charge in [-0.3, -0.25) is 4.98 Å². The number of rotatable bonds is 2. The van der Waals surface area contributed by atoms with Crippen LogP contribution >= 0.6 is 0 Å². The fourth-order valence-corrected chi connectivity index (χ4v) is 1.13. The van der Waals surface area contributed by atoms with Crippen LogP contribution in [0, 0.1) is 0 Å². The summed E-state index contributed by atoms with van der Waals surface area (Å²) < 4.78 is 37.4. The molecule has 1 rings (SSSR count). The van der Waals surface area contributed by atoms with Crippen LogP contribution in [0.25, 0.3) is 0 Å². The highest BCUT2D eigenvalue weighted by molar-refractivity contribution is 5.36. The largest absolute Gasteiger partial charge is 0.418 e. The van der Waals surface area contributed by atoms with E-state index in [-0.39, 0.29) is 5.69 Å². The maximum atomic E-state index is 12.5. The van der Waals surface area contributed by atoms with Crippen LogP contribution in [-0.2, 0) is 11.0 Å². The third-order valence-corrected chi connectivity index (χ3v) is 1.79. The summed E-state index contributed by atoms with van der Waals surface area (Å²) in [6.07, 6.45) is -2.05. The first kappa shape index (κ1) is 11.4. The van der Waals surface area contributed by atoms with Crippen molar-refractivity contribution in [2.24, 2.45) is 4.99 Å². The Morgan fingerprint density at radius 2 is 2.20 bits per heavy atom. The van der Waals surface area contributed by atoms with E-state index >= 15 is 0 Å². The molecule has 0 saturated heterocycles. The SMILES string of the molecule is CC(N=C=O)c1ncccc1C(F)(F)F. The summed E-state index contributed by atoms with van der Waals surface area (Å²) in [4.78, 5) is 16.7. The fraction of sp³-hybridized carbons (Fsp3) is 0.333. The minimum atomic E-state index is -4.49. The van der Waals surface area contributed by atoms with Crippen molar-refractivity contribution in [1.29, 1.82) is 0 Å². The molecule has 80 valence electrons. The van der Waals surface area contributed by atoms with Gasteiger partial charge < -0.3 is 0 Å². The van der Waals surface area contributed by atoms with E-state index in [1.807, 2.05) is 0 Å². The van der Waals surface area contributed by atoms with Crippen molar-refractivity contribution in [3.05, 3.63) is 29.6 Å². The van der Waals surface area contributed by atoms with E-state index in [9.17, 15) is 18.0 Å².